The third-order valence-corrected chi connectivity index (χ3v) is 4.85. The van der Waals surface area contributed by atoms with Gasteiger partial charge in [-0.2, -0.15) is 0 Å². The first kappa shape index (κ1) is 15.0. The molecule has 4 nitrogen and oxygen atoms in total. The summed E-state index contributed by atoms with van der Waals surface area (Å²) in [6.45, 7) is 2.72. The second-order valence-electron chi connectivity index (χ2n) is 6.29. The van der Waals surface area contributed by atoms with Crippen molar-refractivity contribution in [1.82, 2.24) is 4.98 Å². The van der Waals surface area contributed by atoms with Gasteiger partial charge in [-0.25, -0.2) is 0 Å². The minimum atomic E-state index is -1.63. The monoisotopic (exact) mass is 320 g/mol. The summed E-state index contributed by atoms with van der Waals surface area (Å²) in [5.74, 6) is -0.262. The summed E-state index contributed by atoms with van der Waals surface area (Å²) in [5, 5.41) is 12.4. The van der Waals surface area contributed by atoms with Crippen LogP contribution in [0.2, 0.25) is 0 Å². The number of rotatable bonds is 4. The summed E-state index contributed by atoms with van der Waals surface area (Å²) < 4.78 is 0. The Bertz CT molecular complexity index is 915. The molecule has 1 aromatic heterocycles. The second-order valence-corrected chi connectivity index (χ2v) is 6.29. The van der Waals surface area contributed by atoms with Crippen LogP contribution in [0.1, 0.15) is 30.9 Å². The zero-order valence-electron chi connectivity index (χ0n) is 13.6. The molecule has 1 amide bonds. The van der Waals surface area contributed by atoms with E-state index in [1.807, 2.05) is 48.5 Å². The zero-order valence-corrected chi connectivity index (χ0v) is 13.6. The Morgan fingerprint density at radius 2 is 1.83 bits per heavy atom. The van der Waals surface area contributed by atoms with Gasteiger partial charge < -0.3 is 15.0 Å². The van der Waals surface area contributed by atoms with E-state index in [2.05, 4.69) is 11.9 Å². The fourth-order valence-corrected chi connectivity index (χ4v) is 3.60. The first-order valence-corrected chi connectivity index (χ1v) is 8.38. The van der Waals surface area contributed by atoms with E-state index in [4.69, 9.17) is 0 Å². The van der Waals surface area contributed by atoms with Crippen molar-refractivity contribution >= 4 is 22.5 Å². The average molecular weight is 320 g/mol. The van der Waals surface area contributed by atoms with E-state index in [9.17, 15) is 9.90 Å². The standard InChI is InChI=1S/C20H20N2O2/c1-2-3-12-22-18-11-7-5-9-15(18)20(24,19(22)23)16-13-21-17-10-6-4-8-14(16)17/h4-11,13,21,24H,2-3,12H2,1H3. The van der Waals surface area contributed by atoms with Crippen molar-refractivity contribution in [2.45, 2.75) is 25.4 Å². The molecule has 0 spiro atoms. The van der Waals surface area contributed by atoms with E-state index >= 15 is 0 Å². The molecule has 24 heavy (non-hydrogen) atoms. The molecule has 0 aliphatic carbocycles. The number of nitrogens with one attached hydrogen (secondary N) is 1. The molecule has 2 N–H and O–H groups in total. The van der Waals surface area contributed by atoms with Gasteiger partial charge in [0.15, 0.2) is 5.60 Å². The molecule has 0 saturated carbocycles. The molecule has 4 heteroatoms. The highest BCUT2D eigenvalue weighted by molar-refractivity contribution is 6.11. The number of unbranched alkanes of at least 4 members (excludes halogenated alkanes) is 1. The maximum absolute atomic E-state index is 13.2. The van der Waals surface area contributed by atoms with E-state index in [0.29, 0.717) is 17.7 Å². The van der Waals surface area contributed by atoms with Gasteiger partial charge in [0.1, 0.15) is 0 Å². The zero-order chi connectivity index (χ0) is 16.7. The lowest BCUT2D eigenvalue weighted by Gasteiger charge is -2.23. The highest BCUT2D eigenvalue weighted by Gasteiger charge is 2.51. The van der Waals surface area contributed by atoms with Crippen LogP contribution in [-0.4, -0.2) is 22.5 Å². The summed E-state index contributed by atoms with van der Waals surface area (Å²) in [4.78, 5) is 18.1. The molecule has 2 heterocycles. The largest absolute Gasteiger partial charge is 0.372 e. The highest BCUT2D eigenvalue weighted by Crippen LogP contribution is 2.46. The minimum Gasteiger partial charge on any atom is -0.372 e. The number of hydrogen-bond donors (Lipinski definition) is 2. The van der Waals surface area contributed by atoms with Crippen molar-refractivity contribution in [2.75, 3.05) is 11.4 Å². The number of carbonyl (C=O) groups excluding carboxylic acids is 1. The molecule has 1 unspecified atom stereocenters. The van der Waals surface area contributed by atoms with Crippen molar-refractivity contribution in [3.63, 3.8) is 0 Å². The van der Waals surface area contributed by atoms with Crippen LogP contribution in [-0.2, 0) is 10.4 Å². The maximum Gasteiger partial charge on any atom is 0.268 e. The SMILES string of the molecule is CCCCN1C(=O)C(O)(c2c[nH]c3ccccc23)c2ccccc21. The number of aromatic amines is 1. The van der Waals surface area contributed by atoms with Gasteiger partial charge in [-0.3, -0.25) is 4.79 Å². The fourth-order valence-electron chi connectivity index (χ4n) is 3.60. The Hall–Kier alpha value is -2.59. The van der Waals surface area contributed by atoms with E-state index in [1.165, 1.54) is 0 Å². The molecule has 3 aromatic rings. The highest BCUT2D eigenvalue weighted by atomic mass is 16.3. The number of fused-ring (bicyclic) bond motifs is 2. The lowest BCUT2D eigenvalue weighted by Crippen LogP contribution is -2.41. The molecule has 0 radical (unpaired) electrons. The summed E-state index contributed by atoms with van der Waals surface area (Å²) in [5.41, 5.74) is 1.37. The average Bonchev–Trinajstić information content (AvgIpc) is 3.14. The van der Waals surface area contributed by atoms with Crippen LogP contribution >= 0.6 is 0 Å². The number of aliphatic hydroxyl groups is 1. The summed E-state index contributed by atoms with van der Waals surface area (Å²) in [7, 11) is 0. The Morgan fingerprint density at radius 1 is 1.08 bits per heavy atom. The number of para-hydroxylation sites is 2. The van der Waals surface area contributed by atoms with E-state index < -0.39 is 5.60 Å². The third kappa shape index (κ3) is 1.93. The minimum absolute atomic E-state index is 0.262. The van der Waals surface area contributed by atoms with E-state index in [1.54, 1.807) is 11.1 Å². The van der Waals surface area contributed by atoms with Crippen molar-refractivity contribution < 1.29 is 9.90 Å². The van der Waals surface area contributed by atoms with Gasteiger partial charge in [-0.05, 0) is 18.6 Å². The Morgan fingerprint density at radius 3 is 2.67 bits per heavy atom. The van der Waals surface area contributed by atoms with Crippen LogP contribution in [0.25, 0.3) is 10.9 Å². The number of hydrogen-bond acceptors (Lipinski definition) is 2. The van der Waals surface area contributed by atoms with Crippen LogP contribution in [0.5, 0.6) is 0 Å². The first-order chi connectivity index (χ1) is 11.7. The molecule has 0 bridgehead atoms. The number of benzene rings is 2. The Balaban J connectivity index is 1.92. The van der Waals surface area contributed by atoms with Gasteiger partial charge in [-0.15, -0.1) is 0 Å². The molecule has 1 aliphatic heterocycles. The predicted molar refractivity (Wildman–Crippen MR) is 95.0 cm³/mol. The quantitative estimate of drug-likeness (QED) is 0.772. The normalized spacial score (nSPS) is 19.9. The molecule has 1 aliphatic rings. The fraction of sp³-hybridized carbons (Fsp3) is 0.250. The molecule has 4 rings (SSSR count). The van der Waals surface area contributed by atoms with Gasteiger partial charge in [0.05, 0.1) is 5.69 Å². The molecule has 0 fully saturated rings. The first-order valence-electron chi connectivity index (χ1n) is 8.38. The van der Waals surface area contributed by atoms with Crippen LogP contribution in [0.4, 0.5) is 5.69 Å². The van der Waals surface area contributed by atoms with Crippen LogP contribution < -0.4 is 4.90 Å². The number of aromatic nitrogens is 1. The maximum atomic E-state index is 13.2. The van der Waals surface area contributed by atoms with Crippen molar-refractivity contribution in [3.05, 3.63) is 65.9 Å². The molecule has 122 valence electrons. The summed E-state index contributed by atoms with van der Waals surface area (Å²) >= 11 is 0. The molecular formula is C20H20N2O2. The molecule has 0 saturated heterocycles. The van der Waals surface area contributed by atoms with Gasteiger partial charge in [0, 0.05) is 34.8 Å². The molecule has 2 aromatic carbocycles. The summed E-state index contributed by atoms with van der Waals surface area (Å²) in [6, 6.07) is 15.3. The number of anilines is 1. The topological polar surface area (TPSA) is 56.3 Å². The van der Waals surface area contributed by atoms with Crippen molar-refractivity contribution in [2.24, 2.45) is 0 Å². The van der Waals surface area contributed by atoms with Crippen molar-refractivity contribution in [1.29, 1.82) is 0 Å². The number of H-pyrrole nitrogens is 1. The predicted octanol–water partition coefficient (Wildman–Crippen LogP) is 3.55. The van der Waals surface area contributed by atoms with Crippen LogP contribution in [0, 0.1) is 0 Å². The number of carbonyl (C=O) groups is 1. The van der Waals surface area contributed by atoms with E-state index in [0.717, 1.165) is 29.4 Å². The van der Waals surface area contributed by atoms with Crippen molar-refractivity contribution in [3.8, 4) is 0 Å². The van der Waals surface area contributed by atoms with Gasteiger partial charge in [0.25, 0.3) is 5.91 Å². The molecular weight excluding hydrogens is 300 g/mol. The van der Waals surface area contributed by atoms with Crippen LogP contribution in [0.15, 0.2) is 54.7 Å². The number of nitrogens with zero attached hydrogens (tertiary/aromatic N) is 1. The molecule has 1 atom stereocenters. The summed E-state index contributed by atoms with van der Waals surface area (Å²) in [6.07, 6.45) is 3.66. The lowest BCUT2D eigenvalue weighted by atomic mass is 9.87. The van der Waals surface area contributed by atoms with Crippen LogP contribution in [0.3, 0.4) is 0 Å². The Kier molecular flexibility index (Phi) is 3.43. The third-order valence-electron chi connectivity index (χ3n) is 4.85. The Labute approximate surface area is 140 Å². The second kappa shape index (κ2) is 5.49. The lowest BCUT2D eigenvalue weighted by molar-refractivity contribution is -0.132. The van der Waals surface area contributed by atoms with Gasteiger partial charge in [0.2, 0.25) is 0 Å². The van der Waals surface area contributed by atoms with E-state index in [-0.39, 0.29) is 5.91 Å². The smallest absolute Gasteiger partial charge is 0.268 e. The van der Waals surface area contributed by atoms with Gasteiger partial charge >= 0.3 is 0 Å². The van der Waals surface area contributed by atoms with Gasteiger partial charge in [-0.1, -0.05) is 49.7 Å². The number of amides is 1.